The SMILES string of the molecule is CON(C)S(=O)(=O)c1cccc(C(=O)N[C@@H]2CCCC[C@@H]2C)c1. The Labute approximate surface area is 137 Å². The number of nitrogens with zero attached hydrogens (tertiary/aromatic N) is 1. The van der Waals surface area contributed by atoms with E-state index in [1.165, 1.54) is 32.7 Å². The van der Waals surface area contributed by atoms with Gasteiger partial charge in [-0.25, -0.2) is 8.42 Å². The molecule has 2 atom stereocenters. The summed E-state index contributed by atoms with van der Waals surface area (Å²) in [6.45, 7) is 2.14. The van der Waals surface area contributed by atoms with Crippen LogP contribution in [0, 0.1) is 5.92 Å². The van der Waals surface area contributed by atoms with Gasteiger partial charge >= 0.3 is 0 Å². The third-order valence-corrected chi connectivity index (χ3v) is 6.09. The van der Waals surface area contributed by atoms with Crippen molar-refractivity contribution in [1.29, 1.82) is 0 Å². The molecule has 1 saturated carbocycles. The molecule has 1 amide bonds. The number of rotatable bonds is 5. The van der Waals surface area contributed by atoms with Crippen molar-refractivity contribution in [2.75, 3.05) is 14.2 Å². The van der Waals surface area contributed by atoms with E-state index in [0.717, 1.165) is 23.7 Å². The van der Waals surface area contributed by atoms with Gasteiger partial charge in [-0.05, 0) is 37.0 Å². The second-order valence-corrected chi connectivity index (χ2v) is 7.90. The summed E-state index contributed by atoms with van der Waals surface area (Å²) in [5.41, 5.74) is 0.341. The van der Waals surface area contributed by atoms with E-state index in [9.17, 15) is 13.2 Å². The Kier molecular flexibility index (Phi) is 5.78. The van der Waals surface area contributed by atoms with Crippen molar-refractivity contribution in [2.45, 2.75) is 43.5 Å². The highest BCUT2D eigenvalue weighted by atomic mass is 32.2. The van der Waals surface area contributed by atoms with Crippen molar-refractivity contribution in [2.24, 2.45) is 5.92 Å². The van der Waals surface area contributed by atoms with Crippen LogP contribution < -0.4 is 5.32 Å². The predicted molar refractivity (Wildman–Crippen MR) is 87.3 cm³/mol. The van der Waals surface area contributed by atoms with Crippen LogP contribution in [0.3, 0.4) is 0 Å². The monoisotopic (exact) mass is 340 g/mol. The van der Waals surface area contributed by atoms with E-state index >= 15 is 0 Å². The smallest absolute Gasteiger partial charge is 0.264 e. The van der Waals surface area contributed by atoms with Crippen molar-refractivity contribution in [1.82, 2.24) is 9.79 Å². The van der Waals surface area contributed by atoms with E-state index in [2.05, 4.69) is 12.2 Å². The van der Waals surface area contributed by atoms with E-state index in [1.807, 2.05) is 0 Å². The molecule has 7 heteroatoms. The van der Waals surface area contributed by atoms with Gasteiger partial charge in [0.25, 0.3) is 15.9 Å². The maximum atomic E-state index is 12.4. The molecule has 1 N–H and O–H groups in total. The summed E-state index contributed by atoms with van der Waals surface area (Å²) < 4.78 is 25.3. The molecule has 6 nitrogen and oxygen atoms in total. The summed E-state index contributed by atoms with van der Waals surface area (Å²) in [7, 11) is -1.17. The largest absolute Gasteiger partial charge is 0.349 e. The molecule has 0 heterocycles. The molecule has 1 aliphatic rings. The van der Waals surface area contributed by atoms with Gasteiger partial charge in [-0.1, -0.05) is 30.3 Å². The molecule has 0 saturated heterocycles. The average Bonchev–Trinajstić information content (AvgIpc) is 2.56. The van der Waals surface area contributed by atoms with Gasteiger partial charge in [-0.15, -0.1) is 0 Å². The van der Waals surface area contributed by atoms with Crippen LogP contribution in [0.5, 0.6) is 0 Å². The lowest BCUT2D eigenvalue weighted by Crippen LogP contribution is -2.41. The minimum absolute atomic E-state index is 0.0335. The van der Waals surface area contributed by atoms with Crippen molar-refractivity contribution in [3.63, 3.8) is 0 Å². The Morgan fingerprint density at radius 3 is 2.65 bits per heavy atom. The molecule has 0 bridgehead atoms. The minimum atomic E-state index is -3.76. The normalized spacial score (nSPS) is 22.1. The molecular formula is C16H24N2O4S. The lowest BCUT2D eigenvalue weighted by molar-refractivity contribution is -0.0258. The quantitative estimate of drug-likeness (QED) is 0.834. The first-order chi connectivity index (χ1) is 10.9. The Morgan fingerprint density at radius 2 is 2.00 bits per heavy atom. The minimum Gasteiger partial charge on any atom is -0.349 e. The average molecular weight is 340 g/mol. The van der Waals surface area contributed by atoms with Gasteiger partial charge in [-0.2, -0.15) is 0 Å². The van der Waals surface area contributed by atoms with Gasteiger partial charge in [0.15, 0.2) is 0 Å². The Balaban J connectivity index is 2.17. The highest BCUT2D eigenvalue weighted by Gasteiger charge is 2.25. The topological polar surface area (TPSA) is 75.7 Å². The molecule has 1 aromatic rings. The first kappa shape index (κ1) is 17.9. The zero-order chi connectivity index (χ0) is 17.0. The van der Waals surface area contributed by atoms with Crippen LogP contribution in [0.15, 0.2) is 29.2 Å². The van der Waals surface area contributed by atoms with Crippen molar-refractivity contribution in [3.8, 4) is 0 Å². The van der Waals surface area contributed by atoms with E-state index in [0.29, 0.717) is 11.5 Å². The first-order valence-electron chi connectivity index (χ1n) is 7.80. The number of benzene rings is 1. The van der Waals surface area contributed by atoms with Crippen LogP contribution in [-0.4, -0.2) is 39.0 Å². The van der Waals surface area contributed by atoms with Crippen LogP contribution in [0.1, 0.15) is 43.0 Å². The zero-order valence-corrected chi connectivity index (χ0v) is 14.6. The van der Waals surface area contributed by atoms with Crippen molar-refractivity contribution >= 4 is 15.9 Å². The number of sulfonamides is 1. The second kappa shape index (κ2) is 7.42. The molecule has 0 spiro atoms. The molecule has 0 radical (unpaired) electrons. The summed E-state index contributed by atoms with van der Waals surface area (Å²) >= 11 is 0. The summed E-state index contributed by atoms with van der Waals surface area (Å²) in [5.74, 6) is 0.208. The number of nitrogens with one attached hydrogen (secondary N) is 1. The lowest BCUT2D eigenvalue weighted by atomic mass is 9.86. The summed E-state index contributed by atoms with van der Waals surface area (Å²) in [4.78, 5) is 17.2. The number of hydrogen-bond donors (Lipinski definition) is 1. The van der Waals surface area contributed by atoms with Crippen LogP contribution >= 0.6 is 0 Å². The number of carbonyl (C=O) groups excluding carboxylic acids is 1. The van der Waals surface area contributed by atoms with Crippen LogP contribution in [0.4, 0.5) is 0 Å². The summed E-state index contributed by atoms with van der Waals surface area (Å²) in [6, 6.07) is 6.17. The fourth-order valence-electron chi connectivity index (χ4n) is 2.83. The fraction of sp³-hybridized carbons (Fsp3) is 0.562. The lowest BCUT2D eigenvalue weighted by Gasteiger charge is -2.29. The van der Waals surface area contributed by atoms with Crippen molar-refractivity contribution in [3.05, 3.63) is 29.8 Å². The number of hydroxylamine groups is 1. The molecule has 1 aliphatic carbocycles. The van der Waals surface area contributed by atoms with Gasteiger partial charge in [0.1, 0.15) is 0 Å². The maximum Gasteiger partial charge on any atom is 0.264 e. The van der Waals surface area contributed by atoms with Crippen LogP contribution in [0.25, 0.3) is 0 Å². The summed E-state index contributed by atoms with van der Waals surface area (Å²) in [6.07, 6.45) is 4.39. The maximum absolute atomic E-state index is 12.4. The molecule has 128 valence electrons. The third-order valence-electron chi connectivity index (χ3n) is 4.42. The van der Waals surface area contributed by atoms with E-state index in [1.54, 1.807) is 12.1 Å². The zero-order valence-electron chi connectivity index (χ0n) is 13.8. The fourth-order valence-corrected chi connectivity index (χ4v) is 3.85. The molecule has 2 rings (SSSR count). The molecule has 1 aromatic carbocycles. The molecule has 23 heavy (non-hydrogen) atoms. The Morgan fingerprint density at radius 1 is 1.30 bits per heavy atom. The van der Waals surface area contributed by atoms with Gasteiger partial charge in [0.2, 0.25) is 0 Å². The molecular weight excluding hydrogens is 316 g/mol. The highest BCUT2D eigenvalue weighted by Crippen LogP contribution is 2.24. The Hall–Kier alpha value is -1.44. The van der Waals surface area contributed by atoms with E-state index < -0.39 is 10.0 Å². The molecule has 0 unspecified atom stereocenters. The Bertz CT molecular complexity index is 660. The predicted octanol–water partition coefficient (Wildman–Crippen LogP) is 2.18. The van der Waals surface area contributed by atoms with Crippen LogP contribution in [0.2, 0.25) is 0 Å². The van der Waals surface area contributed by atoms with Gasteiger partial charge < -0.3 is 5.32 Å². The highest BCUT2D eigenvalue weighted by molar-refractivity contribution is 7.89. The number of hydrogen-bond acceptors (Lipinski definition) is 4. The molecule has 0 aliphatic heterocycles. The summed E-state index contributed by atoms with van der Waals surface area (Å²) in [5, 5.41) is 3.03. The number of carbonyl (C=O) groups is 1. The van der Waals surface area contributed by atoms with Gasteiger partial charge in [-0.3, -0.25) is 9.63 Å². The van der Waals surface area contributed by atoms with Gasteiger partial charge in [0.05, 0.1) is 12.0 Å². The first-order valence-corrected chi connectivity index (χ1v) is 9.24. The van der Waals surface area contributed by atoms with Crippen LogP contribution in [-0.2, 0) is 14.9 Å². The standard InChI is InChI=1S/C16H24N2O4S/c1-12-7-4-5-10-15(12)17-16(19)13-8-6-9-14(11-13)23(20,21)18(2)22-3/h6,8-9,11-12,15H,4-5,7,10H2,1-3H3,(H,17,19)/t12-,15+/m0/s1. The molecule has 0 aromatic heterocycles. The molecule has 1 fully saturated rings. The van der Waals surface area contributed by atoms with E-state index in [-0.39, 0.29) is 16.8 Å². The second-order valence-electron chi connectivity index (χ2n) is 5.97. The third kappa shape index (κ3) is 4.10. The van der Waals surface area contributed by atoms with E-state index in [4.69, 9.17) is 4.84 Å². The number of amides is 1. The van der Waals surface area contributed by atoms with Gasteiger partial charge in [0, 0.05) is 18.7 Å². The van der Waals surface area contributed by atoms with Crippen molar-refractivity contribution < 1.29 is 18.0 Å².